The number of ether oxygens (including phenoxy) is 1. The van der Waals surface area contributed by atoms with Gasteiger partial charge in [-0.1, -0.05) is 24.6 Å². The number of anilines is 1. The van der Waals surface area contributed by atoms with Gasteiger partial charge in [0.25, 0.3) is 0 Å². The Labute approximate surface area is 139 Å². The maximum absolute atomic E-state index is 11.8. The minimum absolute atomic E-state index is 0.0210. The Balaban J connectivity index is 1.53. The van der Waals surface area contributed by atoms with Gasteiger partial charge in [0.1, 0.15) is 0 Å². The van der Waals surface area contributed by atoms with E-state index in [0.29, 0.717) is 25.0 Å². The van der Waals surface area contributed by atoms with Crippen LogP contribution in [0, 0.1) is 5.92 Å². The van der Waals surface area contributed by atoms with Gasteiger partial charge in [0.05, 0.1) is 6.61 Å². The lowest BCUT2D eigenvalue weighted by Crippen LogP contribution is -2.51. The van der Waals surface area contributed by atoms with Crippen LogP contribution >= 0.6 is 0 Å². The predicted octanol–water partition coefficient (Wildman–Crippen LogP) is 2.93. The highest BCUT2D eigenvalue weighted by atomic mass is 16.5. The maximum atomic E-state index is 11.8. The molecule has 0 unspecified atom stereocenters. The number of nitrogens with zero attached hydrogens (tertiary/aromatic N) is 2. The third kappa shape index (κ3) is 4.05. The van der Waals surface area contributed by atoms with Crippen molar-refractivity contribution in [3.8, 4) is 0 Å². The van der Waals surface area contributed by atoms with E-state index in [2.05, 4.69) is 40.1 Å². The summed E-state index contributed by atoms with van der Waals surface area (Å²) in [5.74, 6) is 0.463. The standard InChI is InChI=1S/C19H28N2O2/c1-2-23-19(22)15-16-7-6-10-18(16)21-13-11-20(12-14-21)17-8-4-3-5-9-17/h3-5,8-9,16,18H,2,6-7,10-15H2,1H3/t16-,18-/m1/s1. The van der Waals surface area contributed by atoms with Crippen molar-refractivity contribution in [3.05, 3.63) is 30.3 Å². The summed E-state index contributed by atoms with van der Waals surface area (Å²) >= 11 is 0. The molecule has 1 saturated carbocycles. The molecule has 2 aliphatic rings. The van der Waals surface area contributed by atoms with E-state index in [1.807, 2.05) is 6.92 Å². The number of rotatable bonds is 5. The normalized spacial score (nSPS) is 25.5. The molecule has 1 heterocycles. The number of hydrogen-bond acceptors (Lipinski definition) is 4. The van der Waals surface area contributed by atoms with Crippen molar-refractivity contribution in [1.29, 1.82) is 0 Å². The van der Waals surface area contributed by atoms with Crippen LogP contribution in [0.25, 0.3) is 0 Å². The van der Waals surface area contributed by atoms with Crippen LogP contribution in [0.1, 0.15) is 32.6 Å². The molecule has 1 aromatic rings. The number of carbonyl (C=O) groups is 1. The highest BCUT2D eigenvalue weighted by molar-refractivity contribution is 5.69. The molecule has 1 aromatic carbocycles. The molecule has 0 N–H and O–H groups in total. The third-order valence-corrected chi connectivity index (χ3v) is 5.26. The van der Waals surface area contributed by atoms with E-state index >= 15 is 0 Å². The average molecular weight is 316 g/mol. The summed E-state index contributed by atoms with van der Waals surface area (Å²) in [6, 6.07) is 11.2. The molecule has 0 radical (unpaired) electrons. The zero-order valence-corrected chi connectivity index (χ0v) is 14.1. The van der Waals surface area contributed by atoms with E-state index in [0.717, 1.165) is 26.2 Å². The fourth-order valence-electron chi connectivity index (χ4n) is 4.12. The van der Waals surface area contributed by atoms with Gasteiger partial charge in [-0.3, -0.25) is 9.69 Å². The Morgan fingerprint density at radius 2 is 1.87 bits per heavy atom. The van der Waals surface area contributed by atoms with Crippen molar-refractivity contribution in [2.75, 3.05) is 37.7 Å². The average Bonchev–Trinajstić information content (AvgIpc) is 3.04. The Bertz CT molecular complexity index is 497. The predicted molar refractivity (Wildman–Crippen MR) is 92.6 cm³/mol. The number of piperazine rings is 1. The van der Waals surface area contributed by atoms with E-state index < -0.39 is 0 Å². The molecule has 126 valence electrons. The summed E-state index contributed by atoms with van der Waals surface area (Å²) in [4.78, 5) is 16.9. The van der Waals surface area contributed by atoms with Crippen LogP contribution in [0.4, 0.5) is 5.69 Å². The summed E-state index contributed by atoms with van der Waals surface area (Å²) in [5, 5.41) is 0. The highest BCUT2D eigenvalue weighted by Gasteiger charge is 2.35. The molecule has 4 nitrogen and oxygen atoms in total. The van der Waals surface area contributed by atoms with Crippen LogP contribution in [-0.4, -0.2) is 49.7 Å². The summed E-state index contributed by atoms with van der Waals surface area (Å²) < 4.78 is 5.15. The molecule has 2 fully saturated rings. The first-order valence-electron chi connectivity index (χ1n) is 8.97. The molecule has 1 aliphatic carbocycles. The van der Waals surface area contributed by atoms with Gasteiger partial charge in [0.2, 0.25) is 0 Å². The maximum Gasteiger partial charge on any atom is 0.306 e. The zero-order chi connectivity index (χ0) is 16.1. The lowest BCUT2D eigenvalue weighted by molar-refractivity contribution is -0.144. The van der Waals surface area contributed by atoms with E-state index in [1.165, 1.54) is 24.9 Å². The van der Waals surface area contributed by atoms with Gasteiger partial charge >= 0.3 is 5.97 Å². The first-order valence-corrected chi connectivity index (χ1v) is 8.97. The fourth-order valence-corrected chi connectivity index (χ4v) is 4.12. The molecule has 3 rings (SSSR count). The fraction of sp³-hybridized carbons (Fsp3) is 0.632. The van der Waals surface area contributed by atoms with Crippen molar-refractivity contribution >= 4 is 11.7 Å². The van der Waals surface area contributed by atoms with Crippen LogP contribution in [-0.2, 0) is 9.53 Å². The van der Waals surface area contributed by atoms with Crippen LogP contribution in [0.5, 0.6) is 0 Å². The molecule has 1 saturated heterocycles. The summed E-state index contributed by atoms with van der Waals surface area (Å²) in [6.07, 6.45) is 4.24. The molecular formula is C19H28N2O2. The Morgan fingerprint density at radius 1 is 1.13 bits per heavy atom. The summed E-state index contributed by atoms with van der Waals surface area (Å²) in [5.41, 5.74) is 1.32. The highest BCUT2D eigenvalue weighted by Crippen LogP contribution is 2.33. The van der Waals surface area contributed by atoms with E-state index in [9.17, 15) is 4.79 Å². The zero-order valence-electron chi connectivity index (χ0n) is 14.1. The van der Waals surface area contributed by atoms with Crippen LogP contribution in [0.2, 0.25) is 0 Å². The molecule has 0 amide bonds. The molecule has 1 aliphatic heterocycles. The first kappa shape index (κ1) is 16.3. The van der Waals surface area contributed by atoms with Crippen molar-refractivity contribution in [2.24, 2.45) is 5.92 Å². The van der Waals surface area contributed by atoms with Gasteiger partial charge in [-0.15, -0.1) is 0 Å². The second-order valence-electron chi connectivity index (χ2n) is 6.63. The van der Waals surface area contributed by atoms with Crippen LogP contribution < -0.4 is 4.90 Å². The number of esters is 1. The molecule has 2 atom stereocenters. The largest absolute Gasteiger partial charge is 0.466 e. The first-order chi connectivity index (χ1) is 11.3. The Morgan fingerprint density at radius 3 is 2.57 bits per heavy atom. The minimum atomic E-state index is -0.0210. The topological polar surface area (TPSA) is 32.8 Å². The van der Waals surface area contributed by atoms with Crippen molar-refractivity contribution in [1.82, 2.24) is 4.90 Å². The van der Waals surface area contributed by atoms with Gasteiger partial charge in [-0.05, 0) is 37.8 Å². The second kappa shape index (κ2) is 7.82. The van der Waals surface area contributed by atoms with E-state index in [1.54, 1.807) is 0 Å². The van der Waals surface area contributed by atoms with Crippen molar-refractivity contribution < 1.29 is 9.53 Å². The summed E-state index contributed by atoms with van der Waals surface area (Å²) in [7, 11) is 0. The Kier molecular flexibility index (Phi) is 5.55. The second-order valence-corrected chi connectivity index (χ2v) is 6.63. The van der Waals surface area contributed by atoms with Gasteiger partial charge in [-0.25, -0.2) is 0 Å². The monoisotopic (exact) mass is 316 g/mol. The quantitative estimate of drug-likeness (QED) is 0.782. The van der Waals surface area contributed by atoms with Crippen molar-refractivity contribution in [2.45, 2.75) is 38.6 Å². The Hall–Kier alpha value is -1.55. The minimum Gasteiger partial charge on any atom is -0.466 e. The van der Waals surface area contributed by atoms with Crippen LogP contribution in [0.3, 0.4) is 0 Å². The number of benzene rings is 1. The van der Waals surface area contributed by atoms with E-state index in [-0.39, 0.29) is 5.97 Å². The van der Waals surface area contributed by atoms with Gasteiger partial charge in [0, 0.05) is 44.3 Å². The lowest BCUT2D eigenvalue weighted by atomic mass is 9.97. The molecule has 0 bridgehead atoms. The number of para-hydroxylation sites is 1. The summed E-state index contributed by atoms with van der Waals surface area (Å²) in [6.45, 7) is 6.72. The molecular weight excluding hydrogens is 288 g/mol. The smallest absolute Gasteiger partial charge is 0.306 e. The third-order valence-electron chi connectivity index (χ3n) is 5.26. The van der Waals surface area contributed by atoms with Gasteiger partial charge in [-0.2, -0.15) is 0 Å². The number of carbonyl (C=O) groups excluding carboxylic acids is 1. The molecule has 0 aromatic heterocycles. The molecule has 0 spiro atoms. The molecule has 23 heavy (non-hydrogen) atoms. The van der Waals surface area contributed by atoms with Gasteiger partial charge < -0.3 is 9.64 Å². The van der Waals surface area contributed by atoms with Crippen LogP contribution in [0.15, 0.2) is 30.3 Å². The molecule has 4 heteroatoms. The van der Waals surface area contributed by atoms with Gasteiger partial charge in [0.15, 0.2) is 0 Å². The van der Waals surface area contributed by atoms with Crippen molar-refractivity contribution in [3.63, 3.8) is 0 Å². The SMILES string of the molecule is CCOC(=O)C[C@H]1CCC[C@H]1N1CCN(c2ccccc2)CC1. The number of hydrogen-bond donors (Lipinski definition) is 0. The lowest BCUT2D eigenvalue weighted by Gasteiger charge is -2.41. The van der Waals surface area contributed by atoms with E-state index in [4.69, 9.17) is 4.74 Å².